The van der Waals surface area contributed by atoms with Crippen LogP contribution in [-0.2, 0) is 19.4 Å². The summed E-state index contributed by atoms with van der Waals surface area (Å²) in [5.74, 6) is -3.63. The van der Waals surface area contributed by atoms with Gasteiger partial charge in [0, 0.05) is 17.7 Å². The molecule has 2 unspecified atom stereocenters. The molecule has 1 aromatic carbocycles. The highest BCUT2D eigenvalue weighted by Gasteiger charge is 2.46. The maximum absolute atomic E-state index is 12.0. The second-order valence-corrected chi connectivity index (χ2v) is 7.60. The van der Waals surface area contributed by atoms with Crippen molar-refractivity contribution in [3.05, 3.63) is 53.6 Å². The van der Waals surface area contributed by atoms with Gasteiger partial charge in [-0.3, -0.25) is 4.79 Å². The number of aliphatic carboxylic acids is 2. The van der Waals surface area contributed by atoms with E-state index in [4.69, 9.17) is 0 Å². The van der Waals surface area contributed by atoms with Crippen molar-refractivity contribution < 1.29 is 28.2 Å². The number of carboxylic acid groups (broad SMARTS) is 2. The van der Waals surface area contributed by atoms with Gasteiger partial charge in [0.05, 0.1) is 10.3 Å². The molecule has 2 rings (SSSR count). The number of benzene rings is 1. The lowest BCUT2D eigenvalue weighted by molar-refractivity contribution is -0.146. The summed E-state index contributed by atoms with van der Waals surface area (Å²) in [5, 5.41) is 19.0. The van der Waals surface area contributed by atoms with Crippen LogP contribution < -0.4 is 0 Å². The molecular formula is C16H16O6S. The Morgan fingerprint density at radius 2 is 1.78 bits per heavy atom. The van der Waals surface area contributed by atoms with Crippen LogP contribution in [0, 0.1) is 5.41 Å². The number of carbonyl (C=O) groups is 2. The molecule has 0 saturated carbocycles. The van der Waals surface area contributed by atoms with Crippen LogP contribution in [-0.4, -0.2) is 36.8 Å². The first kappa shape index (κ1) is 17.0. The summed E-state index contributed by atoms with van der Waals surface area (Å²) < 4.78 is 24.0. The maximum atomic E-state index is 12.0. The molecule has 2 atom stereocenters. The first-order valence-electron chi connectivity index (χ1n) is 6.74. The Bertz CT molecular complexity index is 834. The van der Waals surface area contributed by atoms with Crippen LogP contribution in [0.15, 0.2) is 53.0 Å². The van der Waals surface area contributed by atoms with Crippen LogP contribution >= 0.6 is 0 Å². The quantitative estimate of drug-likeness (QED) is 0.868. The summed E-state index contributed by atoms with van der Waals surface area (Å²) in [6.45, 7) is 1.38. The molecule has 0 amide bonds. The second-order valence-electron chi connectivity index (χ2n) is 5.62. The van der Waals surface area contributed by atoms with Crippen LogP contribution in [0.5, 0.6) is 0 Å². The van der Waals surface area contributed by atoms with Crippen LogP contribution in [0.2, 0.25) is 0 Å². The highest BCUT2D eigenvalue weighted by Crippen LogP contribution is 2.46. The molecular weight excluding hydrogens is 320 g/mol. The van der Waals surface area contributed by atoms with E-state index in [0.29, 0.717) is 0 Å². The van der Waals surface area contributed by atoms with E-state index in [9.17, 15) is 28.2 Å². The van der Waals surface area contributed by atoms with E-state index in [-0.39, 0.29) is 16.0 Å². The van der Waals surface area contributed by atoms with Gasteiger partial charge >= 0.3 is 11.9 Å². The Morgan fingerprint density at radius 3 is 2.30 bits per heavy atom. The zero-order valence-corrected chi connectivity index (χ0v) is 13.4. The van der Waals surface area contributed by atoms with Gasteiger partial charge in [0.1, 0.15) is 0 Å². The molecule has 0 bridgehead atoms. The monoisotopic (exact) mass is 336 g/mol. The number of sulfone groups is 1. The van der Waals surface area contributed by atoms with E-state index in [1.165, 1.54) is 43.4 Å². The van der Waals surface area contributed by atoms with Gasteiger partial charge in [-0.25, -0.2) is 13.2 Å². The third-order valence-corrected chi connectivity index (χ3v) is 5.14. The summed E-state index contributed by atoms with van der Waals surface area (Å²) >= 11 is 0. The maximum Gasteiger partial charge on any atom is 0.332 e. The van der Waals surface area contributed by atoms with Crippen molar-refractivity contribution in [2.45, 2.75) is 17.7 Å². The molecule has 23 heavy (non-hydrogen) atoms. The van der Waals surface area contributed by atoms with Crippen molar-refractivity contribution >= 4 is 21.8 Å². The largest absolute Gasteiger partial charge is 0.481 e. The van der Waals surface area contributed by atoms with Crippen LogP contribution in [0.1, 0.15) is 18.4 Å². The molecule has 1 aliphatic carbocycles. The van der Waals surface area contributed by atoms with Gasteiger partial charge in [0.2, 0.25) is 0 Å². The lowest BCUT2D eigenvalue weighted by Crippen LogP contribution is -2.37. The van der Waals surface area contributed by atoms with Gasteiger partial charge in [-0.15, -0.1) is 0 Å². The molecule has 6 nitrogen and oxygen atoms in total. The van der Waals surface area contributed by atoms with Crippen LogP contribution in [0.4, 0.5) is 0 Å². The Balaban J connectivity index is 2.81. The van der Waals surface area contributed by atoms with E-state index in [1.807, 2.05) is 0 Å². The number of hydrogen-bond donors (Lipinski definition) is 2. The van der Waals surface area contributed by atoms with Crippen molar-refractivity contribution in [2.75, 3.05) is 6.26 Å². The number of allylic oxidation sites excluding steroid dienone is 2. The normalized spacial score (nSPS) is 24.1. The Kier molecular flexibility index (Phi) is 4.17. The van der Waals surface area contributed by atoms with E-state index < -0.39 is 33.1 Å². The third kappa shape index (κ3) is 2.92. The number of carboxylic acids is 2. The smallest absolute Gasteiger partial charge is 0.332 e. The highest BCUT2D eigenvalue weighted by atomic mass is 32.2. The van der Waals surface area contributed by atoms with Crippen molar-refractivity contribution in [2.24, 2.45) is 5.41 Å². The molecule has 7 heteroatoms. The van der Waals surface area contributed by atoms with Crippen LogP contribution in [0.25, 0.3) is 0 Å². The minimum Gasteiger partial charge on any atom is -0.481 e. The van der Waals surface area contributed by atoms with Crippen molar-refractivity contribution in [3.8, 4) is 0 Å². The molecule has 1 aromatic rings. The lowest BCUT2D eigenvalue weighted by Gasteiger charge is -2.35. The molecule has 0 fully saturated rings. The molecule has 0 heterocycles. The fourth-order valence-electron chi connectivity index (χ4n) is 2.80. The second kappa shape index (κ2) is 5.66. The van der Waals surface area contributed by atoms with Gasteiger partial charge in [0.25, 0.3) is 0 Å². The lowest BCUT2D eigenvalue weighted by atomic mass is 9.67. The van der Waals surface area contributed by atoms with Crippen LogP contribution in [0.3, 0.4) is 0 Å². The predicted octanol–water partition coefficient (Wildman–Crippen LogP) is 1.85. The minimum absolute atomic E-state index is 0.0695. The minimum atomic E-state index is -3.64. The average Bonchev–Trinajstić information content (AvgIpc) is 2.45. The molecule has 0 aromatic heterocycles. The summed E-state index contributed by atoms with van der Waals surface area (Å²) in [5.41, 5.74) is -1.56. The standard InChI is InChI=1S/C16H16O6S/c1-16(15(19)20)9-5-7-11(14(17)18)13(16)10-6-3-4-8-12(10)23(2,21)22/h3-9,13H,1-2H3,(H,17,18)(H,19,20). The van der Waals surface area contributed by atoms with E-state index >= 15 is 0 Å². The summed E-state index contributed by atoms with van der Waals surface area (Å²) in [7, 11) is -3.64. The summed E-state index contributed by atoms with van der Waals surface area (Å²) in [6, 6.07) is 5.88. The van der Waals surface area contributed by atoms with Gasteiger partial charge in [-0.2, -0.15) is 0 Å². The van der Waals surface area contributed by atoms with Gasteiger partial charge in [-0.05, 0) is 18.6 Å². The Labute approximate surface area is 133 Å². The molecule has 0 aliphatic heterocycles. The SMILES string of the molecule is CC1(C(=O)O)C=CC=C(C(=O)O)C1c1ccccc1S(C)(=O)=O. The Hall–Kier alpha value is -2.41. The topological polar surface area (TPSA) is 109 Å². The summed E-state index contributed by atoms with van der Waals surface area (Å²) in [4.78, 5) is 23.3. The van der Waals surface area contributed by atoms with Gasteiger partial charge < -0.3 is 10.2 Å². The highest BCUT2D eigenvalue weighted by molar-refractivity contribution is 7.90. The number of hydrogen-bond acceptors (Lipinski definition) is 4. The number of rotatable bonds is 4. The molecule has 0 radical (unpaired) electrons. The van der Waals surface area contributed by atoms with E-state index in [2.05, 4.69) is 0 Å². The fraction of sp³-hybridized carbons (Fsp3) is 0.250. The Morgan fingerprint density at radius 1 is 1.17 bits per heavy atom. The van der Waals surface area contributed by atoms with Crippen molar-refractivity contribution in [1.82, 2.24) is 0 Å². The first-order valence-corrected chi connectivity index (χ1v) is 8.63. The van der Waals surface area contributed by atoms with Gasteiger partial charge in [-0.1, -0.05) is 36.4 Å². The molecule has 2 N–H and O–H groups in total. The molecule has 0 saturated heterocycles. The molecule has 122 valence electrons. The average molecular weight is 336 g/mol. The van der Waals surface area contributed by atoms with Crippen molar-refractivity contribution in [1.29, 1.82) is 0 Å². The van der Waals surface area contributed by atoms with Crippen molar-refractivity contribution in [3.63, 3.8) is 0 Å². The zero-order valence-electron chi connectivity index (χ0n) is 12.6. The third-order valence-electron chi connectivity index (χ3n) is 3.97. The molecule has 1 aliphatic rings. The fourth-order valence-corrected chi connectivity index (χ4v) is 3.74. The zero-order chi connectivity index (χ0) is 17.4. The van der Waals surface area contributed by atoms with E-state index in [0.717, 1.165) is 6.26 Å². The predicted molar refractivity (Wildman–Crippen MR) is 82.9 cm³/mol. The van der Waals surface area contributed by atoms with E-state index in [1.54, 1.807) is 6.07 Å². The first-order chi connectivity index (χ1) is 10.6. The molecule has 0 spiro atoms. The van der Waals surface area contributed by atoms with Gasteiger partial charge in [0.15, 0.2) is 9.84 Å². The summed E-state index contributed by atoms with van der Waals surface area (Å²) in [6.07, 6.45) is 5.06.